The van der Waals surface area contributed by atoms with Gasteiger partial charge in [0.1, 0.15) is 0 Å². The summed E-state index contributed by atoms with van der Waals surface area (Å²) in [6.07, 6.45) is 10.7. The van der Waals surface area contributed by atoms with E-state index in [9.17, 15) is 0 Å². The fraction of sp³-hybridized carbons (Fsp3) is 0.923. The molecular weight excluding hydrogens is 202 g/mol. The van der Waals surface area contributed by atoms with Crippen molar-refractivity contribution in [2.75, 3.05) is 13.1 Å². The van der Waals surface area contributed by atoms with Crippen LogP contribution in [0, 0.1) is 0 Å². The average molecular weight is 229 g/mol. The number of hydrogen-bond donors (Lipinski definition) is 0. The Balaban J connectivity index is 3.34. The van der Waals surface area contributed by atoms with Crippen molar-refractivity contribution >= 4 is 17.7 Å². The second kappa shape index (κ2) is 12.0. The molecule has 0 aliphatic carbocycles. The summed E-state index contributed by atoms with van der Waals surface area (Å²) in [4.78, 5) is 2.31. The zero-order chi connectivity index (χ0) is 11.4. The van der Waals surface area contributed by atoms with Gasteiger partial charge in [-0.05, 0) is 12.8 Å². The lowest BCUT2D eigenvalue weighted by atomic mass is 10.2. The SMILES string of the molecule is CCCCCCN(C=S)CCCCCC. The number of rotatable bonds is 11. The van der Waals surface area contributed by atoms with Gasteiger partial charge in [-0.1, -0.05) is 64.6 Å². The summed E-state index contributed by atoms with van der Waals surface area (Å²) in [5, 5.41) is 0. The van der Waals surface area contributed by atoms with Crippen LogP contribution in [0.4, 0.5) is 0 Å². The first-order valence-electron chi connectivity index (χ1n) is 6.54. The molecule has 0 aromatic rings. The number of unbranched alkanes of at least 4 members (excludes halogenated alkanes) is 6. The Morgan fingerprint density at radius 3 is 1.60 bits per heavy atom. The van der Waals surface area contributed by atoms with Crippen molar-refractivity contribution in [3.8, 4) is 0 Å². The largest absolute Gasteiger partial charge is 0.369 e. The zero-order valence-corrected chi connectivity index (χ0v) is 11.3. The van der Waals surface area contributed by atoms with Crippen molar-refractivity contribution < 1.29 is 0 Å². The molecule has 0 rings (SSSR count). The van der Waals surface area contributed by atoms with Crippen LogP contribution in [0.15, 0.2) is 0 Å². The predicted molar refractivity (Wildman–Crippen MR) is 73.5 cm³/mol. The maximum Gasteiger partial charge on any atom is 0.0640 e. The van der Waals surface area contributed by atoms with E-state index in [-0.39, 0.29) is 0 Å². The van der Waals surface area contributed by atoms with Gasteiger partial charge in [-0.15, -0.1) is 0 Å². The van der Waals surface area contributed by atoms with Gasteiger partial charge in [0.25, 0.3) is 0 Å². The van der Waals surface area contributed by atoms with E-state index < -0.39 is 0 Å². The van der Waals surface area contributed by atoms with E-state index in [4.69, 9.17) is 12.2 Å². The Hall–Kier alpha value is -0.110. The topological polar surface area (TPSA) is 3.24 Å². The molecule has 0 saturated heterocycles. The minimum absolute atomic E-state index is 1.16. The highest BCUT2D eigenvalue weighted by Gasteiger charge is 1.98. The zero-order valence-electron chi connectivity index (χ0n) is 10.5. The predicted octanol–water partition coefficient (Wildman–Crippen LogP) is 4.41. The Kier molecular flexibility index (Phi) is 11.9. The summed E-state index contributed by atoms with van der Waals surface area (Å²) in [7, 11) is 0. The molecule has 0 bridgehead atoms. The highest BCUT2D eigenvalue weighted by molar-refractivity contribution is 7.78. The minimum Gasteiger partial charge on any atom is -0.369 e. The molecule has 0 aromatic heterocycles. The molecule has 1 nitrogen and oxygen atoms in total. The highest BCUT2D eigenvalue weighted by Crippen LogP contribution is 2.03. The van der Waals surface area contributed by atoms with Gasteiger partial charge >= 0.3 is 0 Å². The van der Waals surface area contributed by atoms with E-state index in [1.54, 1.807) is 0 Å². The Bertz CT molecular complexity index is 124. The summed E-state index contributed by atoms with van der Waals surface area (Å²) in [5.41, 5.74) is 1.85. The van der Waals surface area contributed by atoms with Crippen molar-refractivity contribution in [3.63, 3.8) is 0 Å². The van der Waals surface area contributed by atoms with Crippen molar-refractivity contribution in [1.29, 1.82) is 0 Å². The molecule has 2 heteroatoms. The molecule has 0 N–H and O–H groups in total. The molecule has 0 aliphatic heterocycles. The van der Waals surface area contributed by atoms with E-state index in [1.165, 1.54) is 51.4 Å². The lowest BCUT2D eigenvalue weighted by molar-refractivity contribution is 0.401. The summed E-state index contributed by atoms with van der Waals surface area (Å²) in [6.45, 7) is 6.83. The molecule has 0 radical (unpaired) electrons. The van der Waals surface area contributed by atoms with Crippen molar-refractivity contribution in [2.45, 2.75) is 65.2 Å². The molecule has 90 valence electrons. The molecule has 0 heterocycles. The van der Waals surface area contributed by atoms with Gasteiger partial charge in [0.15, 0.2) is 0 Å². The molecular formula is C13H27NS. The van der Waals surface area contributed by atoms with Crippen LogP contribution in [0.1, 0.15) is 65.2 Å². The van der Waals surface area contributed by atoms with Gasteiger partial charge in [-0.25, -0.2) is 0 Å². The molecule has 0 fully saturated rings. The standard InChI is InChI=1S/C13H27NS/c1-3-5-7-9-11-14(13-15)12-10-8-6-4-2/h13H,3-12H2,1-2H3. The van der Waals surface area contributed by atoms with Gasteiger partial charge in [0.2, 0.25) is 0 Å². The molecule has 0 aliphatic rings. The normalized spacial score (nSPS) is 10.3. The van der Waals surface area contributed by atoms with Crippen LogP contribution in [-0.4, -0.2) is 23.5 Å². The first-order valence-corrected chi connectivity index (χ1v) is 7.01. The van der Waals surface area contributed by atoms with Crippen LogP contribution < -0.4 is 0 Å². The van der Waals surface area contributed by atoms with E-state index in [1.807, 2.05) is 5.49 Å². The summed E-state index contributed by atoms with van der Waals surface area (Å²) in [5.74, 6) is 0. The van der Waals surface area contributed by atoms with E-state index in [0.717, 1.165) is 13.1 Å². The molecule has 0 amide bonds. The van der Waals surface area contributed by atoms with Crippen LogP contribution in [0.5, 0.6) is 0 Å². The van der Waals surface area contributed by atoms with E-state index in [2.05, 4.69) is 18.7 Å². The van der Waals surface area contributed by atoms with Crippen molar-refractivity contribution in [3.05, 3.63) is 0 Å². The van der Waals surface area contributed by atoms with E-state index >= 15 is 0 Å². The fourth-order valence-electron chi connectivity index (χ4n) is 1.70. The maximum absolute atomic E-state index is 5.03. The second-order valence-corrected chi connectivity index (χ2v) is 4.47. The van der Waals surface area contributed by atoms with Crippen LogP contribution in [0.2, 0.25) is 0 Å². The monoisotopic (exact) mass is 229 g/mol. The van der Waals surface area contributed by atoms with Gasteiger partial charge in [-0.2, -0.15) is 0 Å². The third-order valence-corrected chi connectivity index (χ3v) is 3.04. The number of thiocarbonyl (C=S) groups is 1. The minimum atomic E-state index is 1.16. The lowest BCUT2D eigenvalue weighted by Gasteiger charge is -2.18. The summed E-state index contributed by atoms with van der Waals surface area (Å²) >= 11 is 5.03. The summed E-state index contributed by atoms with van der Waals surface area (Å²) in [6, 6.07) is 0. The Morgan fingerprint density at radius 2 is 1.27 bits per heavy atom. The molecule has 0 saturated carbocycles. The van der Waals surface area contributed by atoms with Gasteiger partial charge < -0.3 is 4.90 Å². The smallest absolute Gasteiger partial charge is 0.0640 e. The van der Waals surface area contributed by atoms with Gasteiger partial charge in [0, 0.05) is 13.1 Å². The second-order valence-electron chi connectivity index (χ2n) is 4.26. The maximum atomic E-state index is 5.03. The first kappa shape index (κ1) is 14.9. The van der Waals surface area contributed by atoms with Crippen LogP contribution >= 0.6 is 12.2 Å². The average Bonchev–Trinajstić information content (AvgIpc) is 2.27. The van der Waals surface area contributed by atoms with Crippen LogP contribution in [0.3, 0.4) is 0 Å². The van der Waals surface area contributed by atoms with Crippen LogP contribution in [-0.2, 0) is 0 Å². The molecule has 0 unspecified atom stereocenters. The van der Waals surface area contributed by atoms with Crippen molar-refractivity contribution in [2.24, 2.45) is 0 Å². The third-order valence-electron chi connectivity index (χ3n) is 2.75. The van der Waals surface area contributed by atoms with Gasteiger partial charge in [0.05, 0.1) is 5.49 Å². The first-order chi connectivity index (χ1) is 7.35. The number of nitrogens with zero attached hydrogens (tertiary/aromatic N) is 1. The lowest BCUT2D eigenvalue weighted by Crippen LogP contribution is -2.23. The molecule has 0 aromatic carbocycles. The molecule has 0 spiro atoms. The highest BCUT2D eigenvalue weighted by atomic mass is 32.1. The number of hydrogen-bond acceptors (Lipinski definition) is 1. The molecule has 0 atom stereocenters. The Morgan fingerprint density at radius 1 is 0.800 bits per heavy atom. The van der Waals surface area contributed by atoms with Crippen LogP contribution in [0.25, 0.3) is 0 Å². The van der Waals surface area contributed by atoms with Crippen molar-refractivity contribution in [1.82, 2.24) is 4.90 Å². The Labute approximate surface area is 101 Å². The molecule has 15 heavy (non-hydrogen) atoms. The third kappa shape index (κ3) is 10.2. The quantitative estimate of drug-likeness (QED) is 0.381. The van der Waals surface area contributed by atoms with E-state index in [0.29, 0.717) is 0 Å². The fourth-order valence-corrected chi connectivity index (χ4v) is 1.91. The van der Waals surface area contributed by atoms with Gasteiger partial charge in [-0.3, -0.25) is 0 Å². The summed E-state index contributed by atoms with van der Waals surface area (Å²) < 4.78 is 0.